The van der Waals surface area contributed by atoms with Gasteiger partial charge in [-0.2, -0.15) is 0 Å². The van der Waals surface area contributed by atoms with Gasteiger partial charge in [0.15, 0.2) is 6.61 Å². The number of ether oxygens (including phenoxy) is 1. The van der Waals surface area contributed by atoms with Crippen LogP contribution in [0.25, 0.3) is 0 Å². The zero-order chi connectivity index (χ0) is 16.1. The topological polar surface area (TPSA) is 75.9 Å². The van der Waals surface area contributed by atoms with E-state index in [9.17, 15) is 9.59 Å². The number of nitrogens with two attached hydrogens (primary N) is 1. The van der Waals surface area contributed by atoms with E-state index in [-0.39, 0.29) is 24.5 Å². The number of carbonyl (C=O) groups is 2. The minimum absolute atomic E-state index is 0.0352. The third-order valence-electron chi connectivity index (χ3n) is 4.01. The van der Waals surface area contributed by atoms with E-state index in [2.05, 4.69) is 0 Å². The van der Waals surface area contributed by atoms with E-state index in [0.717, 1.165) is 5.56 Å². The highest BCUT2D eigenvalue weighted by molar-refractivity contribution is 5.80. The van der Waals surface area contributed by atoms with E-state index in [0.29, 0.717) is 31.9 Å². The van der Waals surface area contributed by atoms with Crippen LogP contribution < -0.4 is 10.5 Å². The smallest absolute Gasteiger partial charge is 0.260 e. The Hall–Kier alpha value is -2.08. The molecule has 2 amide bonds. The van der Waals surface area contributed by atoms with Crippen molar-refractivity contribution in [2.24, 2.45) is 5.73 Å². The van der Waals surface area contributed by atoms with Crippen molar-refractivity contribution >= 4 is 11.8 Å². The molecule has 0 aromatic heterocycles. The van der Waals surface area contributed by atoms with Crippen molar-refractivity contribution in [1.82, 2.24) is 9.80 Å². The van der Waals surface area contributed by atoms with Crippen LogP contribution in [0, 0.1) is 6.92 Å². The van der Waals surface area contributed by atoms with Gasteiger partial charge in [0.2, 0.25) is 5.91 Å². The van der Waals surface area contributed by atoms with Gasteiger partial charge in [-0.15, -0.1) is 0 Å². The summed E-state index contributed by atoms with van der Waals surface area (Å²) in [5.74, 6) is 0.328. The Morgan fingerprint density at radius 1 is 1.18 bits per heavy atom. The molecule has 1 aromatic rings. The van der Waals surface area contributed by atoms with Gasteiger partial charge in [-0.05, 0) is 26.0 Å². The molecule has 2 rings (SSSR count). The third-order valence-corrected chi connectivity index (χ3v) is 4.01. The lowest BCUT2D eigenvalue weighted by atomic mass is 10.2. The minimum atomic E-state index is -0.331. The monoisotopic (exact) mass is 305 g/mol. The summed E-state index contributed by atoms with van der Waals surface area (Å²) in [6.07, 6.45) is 0. The molecule has 1 saturated heterocycles. The summed E-state index contributed by atoms with van der Waals surface area (Å²) in [6, 6.07) is 7.32. The summed E-state index contributed by atoms with van der Waals surface area (Å²) in [6.45, 7) is 6.32. The van der Waals surface area contributed by atoms with Gasteiger partial charge in [-0.25, -0.2) is 0 Å². The largest absolute Gasteiger partial charge is 0.484 e. The van der Waals surface area contributed by atoms with Crippen molar-refractivity contribution < 1.29 is 14.3 Å². The van der Waals surface area contributed by atoms with Gasteiger partial charge in [0.1, 0.15) is 5.75 Å². The molecular weight excluding hydrogens is 282 g/mol. The first-order valence-electron chi connectivity index (χ1n) is 7.48. The highest BCUT2D eigenvalue weighted by atomic mass is 16.5. The van der Waals surface area contributed by atoms with Crippen LogP contribution in [-0.4, -0.2) is 60.4 Å². The maximum atomic E-state index is 12.1. The SMILES string of the molecule is Cc1ccc(OCC(=O)N2CCN([C@@H](C)C(N)=O)CC2)cc1. The lowest BCUT2D eigenvalue weighted by Gasteiger charge is -2.36. The number of piperazine rings is 1. The lowest BCUT2D eigenvalue weighted by Crippen LogP contribution is -2.54. The Balaban J connectivity index is 1.77. The van der Waals surface area contributed by atoms with Crippen LogP contribution in [0.4, 0.5) is 0 Å². The number of hydrogen-bond acceptors (Lipinski definition) is 4. The van der Waals surface area contributed by atoms with Crippen molar-refractivity contribution in [2.45, 2.75) is 19.9 Å². The Morgan fingerprint density at radius 2 is 1.77 bits per heavy atom. The van der Waals surface area contributed by atoms with Gasteiger partial charge >= 0.3 is 0 Å². The van der Waals surface area contributed by atoms with Gasteiger partial charge < -0.3 is 15.4 Å². The van der Waals surface area contributed by atoms with Crippen molar-refractivity contribution in [3.05, 3.63) is 29.8 Å². The fraction of sp³-hybridized carbons (Fsp3) is 0.500. The lowest BCUT2D eigenvalue weighted by molar-refractivity contribution is -0.135. The number of hydrogen-bond donors (Lipinski definition) is 1. The summed E-state index contributed by atoms with van der Waals surface area (Å²) >= 11 is 0. The van der Waals surface area contributed by atoms with Crippen LogP contribution >= 0.6 is 0 Å². The predicted molar refractivity (Wildman–Crippen MR) is 83.5 cm³/mol. The van der Waals surface area contributed by atoms with E-state index in [4.69, 9.17) is 10.5 Å². The van der Waals surface area contributed by atoms with Crippen LogP contribution in [0.3, 0.4) is 0 Å². The molecular formula is C16H23N3O3. The van der Waals surface area contributed by atoms with Crippen LogP contribution in [0.15, 0.2) is 24.3 Å². The zero-order valence-corrected chi connectivity index (χ0v) is 13.1. The summed E-state index contributed by atoms with van der Waals surface area (Å²) < 4.78 is 5.51. The number of primary amides is 1. The summed E-state index contributed by atoms with van der Waals surface area (Å²) in [4.78, 5) is 27.1. The quantitative estimate of drug-likeness (QED) is 0.854. The normalized spacial score (nSPS) is 17.1. The van der Waals surface area contributed by atoms with Gasteiger partial charge in [0.25, 0.3) is 5.91 Å². The molecule has 0 aliphatic carbocycles. The Bertz CT molecular complexity index is 522. The average molecular weight is 305 g/mol. The molecule has 1 fully saturated rings. The van der Waals surface area contributed by atoms with E-state index >= 15 is 0 Å². The first kappa shape index (κ1) is 16.3. The predicted octanol–water partition coefficient (Wildman–Crippen LogP) is 0.392. The highest BCUT2D eigenvalue weighted by Crippen LogP contribution is 2.12. The zero-order valence-electron chi connectivity index (χ0n) is 13.1. The molecule has 0 unspecified atom stereocenters. The van der Waals surface area contributed by atoms with Gasteiger partial charge in [0, 0.05) is 26.2 Å². The number of carbonyl (C=O) groups excluding carboxylic acids is 2. The third kappa shape index (κ3) is 4.21. The molecule has 22 heavy (non-hydrogen) atoms. The minimum Gasteiger partial charge on any atom is -0.484 e. The molecule has 6 heteroatoms. The number of rotatable bonds is 5. The molecule has 1 aliphatic rings. The molecule has 1 aliphatic heterocycles. The molecule has 0 saturated carbocycles. The molecule has 0 radical (unpaired) electrons. The molecule has 1 heterocycles. The number of benzene rings is 1. The van der Waals surface area contributed by atoms with E-state index in [1.54, 1.807) is 11.8 Å². The van der Waals surface area contributed by atoms with Crippen molar-refractivity contribution in [3.63, 3.8) is 0 Å². The van der Waals surface area contributed by atoms with E-state index in [1.165, 1.54) is 0 Å². The maximum absolute atomic E-state index is 12.1. The second-order valence-corrected chi connectivity index (χ2v) is 5.60. The van der Waals surface area contributed by atoms with E-state index < -0.39 is 0 Å². The Morgan fingerprint density at radius 3 is 2.32 bits per heavy atom. The number of nitrogens with zero attached hydrogens (tertiary/aromatic N) is 2. The Kier molecular flexibility index (Phi) is 5.38. The highest BCUT2D eigenvalue weighted by Gasteiger charge is 2.26. The fourth-order valence-corrected chi connectivity index (χ4v) is 2.41. The van der Waals surface area contributed by atoms with Gasteiger partial charge in [0.05, 0.1) is 6.04 Å². The van der Waals surface area contributed by atoms with Gasteiger partial charge in [-0.1, -0.05) is 17.7 Å². The van der Waals surface area contributed by atoms with Crippen LogP contribution in [0.2, 0.25) is 0 Å². The molecule has 0 bridgehead atoms. The second-order valence-electron chi connectivity index (χ2n) is 5.60. The van der Waals surface area contributed by atoms with Crippen LogP contribution in [-0.2, 0) is 9.59 Å². The van der Waals surface area contributed by atoms with E-state index in [1.807, 2.05) is 36.1 Å². The van der Waals surface area contributed by atoms with Gasteiger partial charge in [-0.3, -0.25) is 14.5 Å². The fourth-order valence-electron chi connectivity index (χ4n) is 2.41. The summed E-state index contributed by atoms with van der Waals surface area (Å²) in [5, 5.41) is 0. The van der Waals surface area contributed by atoms with Crippen LogP contribution in [0.5, 0.6) is 5.75 Å². The first-order chi connectivity index (χ1) is 10.5. The molecule has 1 aromatic carbocycles. The summed E-state index contributed by atoms with van der Waals surface area (Å²) in [5.41, 5.74) is 6.45. The first-order valence-corrected chi connectivity index (χ1v) is 7.48. The molecule has 1 atom stereocenters. The summed E-state index contributed by atoms with van der Waals surface area (Å²) in [7, 11) is 0. The molecule has 2 N–H and O–H groups in total. The standard InChI is InChI=1S/C16H23N3O3/c1-12-3-5-14(6-4-12)22-11-15(20)19-9-7-18(8-10-19)13(2)16(17)21/h3-6,13H,7-11H2,1-2H3,(H2,17,21)/t13-/m0/s1. The maximum Gasteiger partial charge on any atom is 0.260 e. The molecule has 120 valence electrons. The average Bonchev–Trinajstić information content (AvgIpc) is 2.53. The molecule has 6 nitrogen and oxygen atoms in total. The molecule has 0 spiro atoms. The Labute approximate surface area is 130 Å². The second kappa shape index (κ2) is 7.26. The van der Waals surface area contributed by atoms with Crippen molar-refractivity contribution in [1.29, 1.82) is 0 Å². The van der Waals surface area contributed by atoms with Crippen molar-refractivity contribution in [2.75, 3.05) is 32.8 Å². The number of amides is 2. The van der Waals surface area contributed by atoms with Crippen LogP contribution in [0.1, 0.15) is 12.5 Å². The number of aryl methyl sites for hydroxylation is 1. The van der Waals surface area contributed by atoms with Crippen molar-refractivity contribution in [3.8, 4) is 5.75 Å².